The molecule has 0 aromatic carbocycles. The van der Waals surface area contributed by atoms with E-state index < -0.39 is 37.5 Å². The van der Waals surface area contributed by atoms with E-state index in [0.29, 0.717) is 0 Å². The number of carbonyl (C=O) groups excluding carboxylic acids is 1. The Kier molecular flexibility index (Phi) is 14.5. The Bertz CT molecular complexity index is 421. The van der Waals surface area contributed by atoms with Crippen LogP contribution in [0.15, 0.2) is 11.6 Å². The minimum atomic E-state index is -1.55. The van der Waals surface area contributed by atoms with Crippen molar-refractivity contribution in [1.29, 1.82) is 0 Å². The van der Waals surface area contributed by atoms with Crippen molar-refractivity contribution in [2.75, 3.05) is 13.2 Å². The lowest BCUT2D eigenvalue weighted by Crippen LogP contribution is -2.42. The molecule has 0 amide bonds. The number of hydrogen-bond donors (Lipinski definition) is 4. The molecule has 4 N–H and O–H groups in total. The van der Waals surface area contributed by atoms with Gasteiger partial charge in [-0.25, -0.2) is 0 Å². The van der Waals surface area contributed by atoms with Gasteiger partial charge in [0.15, 0.2) is 0 Å². The molecule has 0 saturated carbocycles. The molecule has 0 aliphatic rings. The first-order chi connectivity index (χ1) is 12.7. The summed E-state index contributed by atoms with van der Waals surface area (Å²) in [5.41, 5.74) is 1.14. The number of carbonyl (C=O) groups is 1. The van der Waals surface area contributed by atoms with Gasteiger partial charge in [0.2, 0.25) is 0 Å². The lowest BCUT2D eigenvalue weighted by atomic mass is 9.94. The van der Waals surface area contributed by atoms with Crippen molar-refractivity contribution in [1.82, 2.24) is 0 Å². The Balaban J connectivity index is 3.94. The van der Waals surface area contributed by atoms with Gasteiger partial charge in [0.1, 0.15) is 24.9 Å². The van der Waals surface area contributed by atoms with Crippen molar-refractivity contribution >= 4 is 5.97 Å². The molecule has 0 rings (SSSR count). The van der Waals surface area contributed by atoms with Crippen molar-refractivity contribution < 1.29 is 30.0 Å². The number of ether oxygens (including phenoxy) is 1. The fourth-order valence-electron chi connectivity index (χ4n) is 2.81. The zero-order valence-electron chi connectivity index (χ0n) is 17.4. The molecule has 4 atom stereocenters. The molecular weight excluding hydrogens is 348 g/mol. The van der Waals surface area contributed by atoms with Crippen molar-refractivity contribution in [3.8, 4) is 0 Å². The van der Waals surface area contributed by atoms with E-state index in [1.54, 1.807) is 0 Å². The third kappa shape index (κ3) is 13.8. The van der Waals surface area contributed by atoms with Crippen LogP contribution in [0.1, 0.15) is 72.6 Å². The molecular formula is C21H40O6. The second kappa shape index (κ2) is 15.0. The first kappa shape index (κ1) is 26.1. The number of allylic oxidation sites excluding steroid dienone is 1. The Morgan fingerprint density at radius 3 is 2.22 bits per heavy atom. The molecule has 0 aromatic heterocycles. The highest BCUT2D eigenvalue weighted by molar-refractivity contribution is 5.71. The minimum Gasteiger partial charge on any atom is -0.463 e. The summed E-state index contributed by atoms with van der Waals surface area (Å²) < 4.78 is 4.89. The molecule has 0 heterocycles. The fraction of sp³-hybridized carbons (Fsp3) is 0.857. The smallest absolute Gasteiger partial charge is 0.309 e. The maximum Gasteiger partial charge on any atom is 0.309 e. The van der Waals surface area contributed by atoms with Crippen LogP contribution in [0.2, 0.25) is 0 Å². The van der Waals surface area contributed by atoms with Gasteiger partial charge in [0.25, 0.3) is 0 Å². The number of aliphatic hydroxyl groups is 4. The van der Waals surface area contributed by atoms with E-state index in [1.807, 2.05) is 13.0 Å². The summed E-state index contributed by atoms with van der Waals surface area (Å²) in [6.07, 6.45) is 4.58. The van der Waals surface area contributed by atoms with Crippen molar-refractivity contribution in [2.24, 2.45) is 11.8 Å². The van der Waals surface area contributed by atoms with Crippen LogP contribution in [0.4, 0.5) is 0 Å². The van der Waals surface area contributed by atoms with Gasteiger partial charge in [-0.3, -0.25) is 4.79 Å². The monoisotopic (exact) mass is 388 g/mol. The number of esters is 1. The lowest BCUT2D eigenvalue weighted by molar-refractivity contribution is -0.151. The summed E-state index contributed by atoms with van der Waals surface area (Å²) in [5.74, 6) is 0.996. The largest absolute Gasteiger partial charge is 0.463 e. The van der Waals surface area contributed by atoms with E-state index in [1.165, 1.54) is 25.7 Å². The van der Waals surface area contributed by atoms with Crippen LogP contribution in [0.5, 0.6) is 0 Å². The highest BCUT2D eigenvalue weighted by Gasteiger charge is 2.25. The molecule has 0 bridgehead atoms. The van der Waals surface area contributed by atoms with E-state index in [4.69, 9.17) is 9.84 Å². The molecule has 0 aliphatic heterocycles. The summed E-state index contributed by atoms with van der Waals surface area (Å²) in [6, 6.07) is 0. The second-order valence-electron chi connectivity index (χ2n) is 8.07. The van der Waals surface area contributed by atoms with Crippen molar-refractivity contribution in [2.45, 2.75) is 91.0 Å². The summed E-state index contributed by atoms with van der Waals surface area (Å²) in [4.78, 5) is 11.7. The summed E-state index contributed by atoms with van der Waals surface area (Å²) >= 11 is 0. The molecule has 0 fully saturated rings. The van der Waals surface area contributed by atoms with Crippen molar-refractivity contribution in [3.63, 3.8) is 0 Å². The highest BCUT2D eigenvalue weighted by Crippen LogP contribution is 2.19. The first-order valence-corrected chi connectivity index (χ1v) is 10.1. The molecule has 4 unspecified atom stereocenters. The van der Waals surface area contributed by atoms with Gasteiger partial charge in [-0.15, -0.1) is 0 Å². The highest BCUT2D eigenvalue weighted by atomic mass is 16.5. The van der Waals surface area contributed by atoms with Gasteiger partial charge in [0, 0.05) is 0 Å². The average molecular weight is 389 g/mol. The van der Waals surface area contributed by atoms with E-state index in [2.05, 4.69) is 20.8 Å². The van der Waals surface area contributed by atoms with Gasteiger partial charge in [-0.05, 0) is 31.6 Å². The van der Waals surface area contributed by atoms with E-state index in [0.717, 1.165) is 30.3 Å². The zero-order valence-corrected chi connectivity index (χ0v) is 17.4. The summed E-state index contributed by atoms with van der Waals surface area (Å²) in [5, 5.41) is 37.0. The SMILES string of the molecule is C/C(=C\CC(=O)OCC(O)C(O)C(O)CO)CCCC(C)CCCC(C)C. The summed E-state index contributed by atoms with van der Waals surface area (Å²) in [7, 11) is 0. The van der Waals surface area contributed by atoms with Crippen LogP contribution >= 0.6 is 0 Å². The third-order valence-corrected chi connectivity index (χ3v) is 4.75. The molecule has 6 heteroatoms. The molecule has 0 spiro atoms. The lowest BCUT2D eigenvalue weighted by Gasteiger charge is -2.21. The number of rotatable bonds is 15. The predicted octanol–water partition coefficient (Wildman–Crippen LogP) is 2.57. The first-order valence-electron chi connectivity index (χ1n) is 10.1. The van der Waals surface area contributed by atoms with E-state index in [9.17, 15) is 20.1 Å². The number of aliphatic hydroxyl groups excluding tert-OH is 4. The summed E-state index contributed by atoms with van der Waals surface area (Å²) in [6.45, 7) is 7.70. The Morgan fingerprint density at radius 1 is 1.00 bits per heavy atom. The van der Waals surface area contributed by atoms with Gasteiger partial charge in [-0.2, -0.15) is 0 Å². The third-order valence-electron chi connectivity index (χ3n) is 4.75. The van der Waals surface area contributed by atoms with Gasteiger partial charge in [0.05, 0.1) is 13.0 Å². The second-order valence-corrected chi connectivity index (χ2v) is 8.07. The maximum atomic E-state index is 11.7. The minimum absolute atomic E-state index is 0.112. The molecule has 0 aliphatic carbocycles. The Hall–Kier alpha value is -0.950. The molecule has 6 nitrogen and oxygen atoms in total. The van der Waals surface area contributed by atoms with Crippen LogP contribution in [0, 0.1) is 11.8 Å². The van der Waals surface area contributed by atoms with Crippen LogP contribution in [0.25, 0.3) is 0 Å². The zero-order chi connectivity index (χ0) is 20.8. The Morgan fingerprint density at radius 2 is 1.63 bits per heavy atom. The van der Waals surface area contributed by atoms with Crippen LogP contribution < -0.4 is 0 Å². The quantitative estimate of drug-likeness (QED) is 0.254. The topological polar surface area (TPSA) is 107 Å². The van der Waals surface area contributed by atoms with Gasteiger partial charge >= 0.3 is 5.97 Å². The molecule has 160 valence electrons. The maximum absolute atomic E-state index is 11.7. The predicted molar refractivity (Wildman–Crippen MR) is 106 cm³/mol. The van der Waals surface area contributed by atoms with Crippen LogP contribution in [-0.4, -0.2) is 57.9 Å². The Labute approximate surface area is 164 Å². The van der Waals surface area contributed by atoms with Crippen molar-refractivity contribution in [3.05, 3.63) is 11.6 Å². The molecule has 27 heavy (non-hydrogen) atoms. The fourth-order valence-corrected chi connectivity index (χ4v) is 2.81. The van der Waals surface area contributed by atoms with E-state index >= 15 is 0 Å². The number of hydrogen-bond acceptors (Lipinski definition) is 6. The van der Waals surface area contributed by atoms with Gasteiger partial charge in [-0.1, -0.05) is 58.1 Å². The standard InChI is InChI=1S/C21H40O6/c1-15(2)7-5-8-16(3)9-6-10-17(4)11-12-20(25)27-14-19(24)21(26)18(23)13-22/h11,15-16,18-19,21-24,26H,5-10,12-14H2,1-4H3/b17-11+. The van der Waals surface area contributed by atoms with Crippen LogP contribution in [0.3, 0.4) is 0 Å². The van der Waals surface area contributed by atoms with E-state index in [-0.39, 0.29) is 6.42 Å². The molecule has 0 radical (unpaired) electrons. The average Bonchev–Trinajstić information content (AvgIpc) is 2.62. The van der Waals surface area contributed by atoms with Gasteiger partial charge < -0.3 is 25.2 Å². The molecule has 0 saturated heterocycles. The van der Waals surface area contributed by atoms with Crippen LogP contribution in [-0.2, 0) is 9.53 Å². The normalized spacial score (nSPS) is 16.9. The molecule has 0 aromatic rings.